The molecule has 4 heteroatoms. The SMILES string of the molecule is CCCC(C)C(C#CC1CCC(C(=O)NCC2(CC3CC3)CCOCC2)CC1)CC(C)F. The first-order valence-corrected chi connectivity index (χ1v) is 13.4. The number of hydrogen-bond donors (Lipinski definition) is 1. The summed E-state index contributed by atoms with van der Waals surface area (Å²) in [5.74, 6) is 9.14. The normalized spacial score (nSPS) is 28.1. The van der Waals surface area contributed by atoms with Gasteiger partial charge in [0.15, 0.2) is 0 Å². The zero-order chi connectivity index (χ0) is 23.0. The molecule has 0 bridgehead atoms. The third-order valence-electron chi connectivity index (χ3n) is 8.19. The van der Waals surface area contributed by atoms with Crippen LogP contribution in [-0.4, -0.2) is 31.8 Å². The second-order valence-electron chi connectivity index (χ2n) is 11.2. The highest BCUT2D eigenvalue weighted by molar-refractivity contribution is 5.78. The molecule has 3 fully saturated rings. The van der Waals surface area contributed by atoms with Gasteiger partial charge in [-0.25, -0.2) is 4.39 Å². The standard InChI is InChI=1S/C28H46FNO2/c1-4-5-21(2)26(18-22(3)29)13-10-23-8-11-25(12-9-23)27(31)30-20-28(19-24-6-7-24)14-16-32-17-15-28/h21-26H,4-9,11-12,14-20H2,1-3H3,(H,30,31). The molecule has 32 heavy (non-hydrogen) atoms. The van der Waals surface area contributed by atoms with Crippen molar-refractivity contribution in [3.8, 4) is 11.8 Å². The van der Waals surface area contributed by atoms with E-state index in [1.807, 2.05) is 0 Å². The van der Waals surface area contributed by atoms with Crippen LogP contribution in [0.3, 0.4) is 0 Å². The van der Waals surface area contributed by atoms with Gasteiger partial charge in [-0.1, -0.05) is 45.0 Å². The molecule has 1 saturated heterocycles. The van der Waals surface area contributed by atoms with E-state index in [-0.39, 0.29) is 23.2 Å². The number of halogens is 1. The Balaban J connectivity index is 1.45. The average molecular weight is 448 g/mol. The van der Waals surface area contributed by atoms with E-state index in [9.17, 15) is 9.18 Å². The number of rotatable bonds is 10. The smallest absolute Gasteiger partial charge is 0.223 e. The molecule has 1 aliphatic heterocycles. The molecule has 1 N–H and O–H groups in total. The number of alkyl halides is 1. The molecule has 2 saturated carbocycles. The van der Waals surface area contributed by atoms with Gasteiger partial charge >= 0.3 is 0 Å². The zero-order valence-electron chi connectivity index (χ0n) is 20.8. The quantitative estimate of drug-likeness (QED) is 0.399. The maximum Gasteiger partial charge on any atom is 0.223 e. The minimum Gasteiger partial charge on any atom is -0.381 e. The van der Waals surface area contributed by atoms with E-state index < -0.39 is 6.17 Å². The largest absolute Gasteiger partial charge is 0.381 e. The molecule has 1 heterocycles. The molecule has 3 atom stereocenters. The molecule has 3 rings (SSSR count). The Morgan fingerprint density at radius 2 is 1.81 bits per heavy atom. The van der Waals surface area contributed by atoms with Crippen LogP contribution in [0.4, 0.5) is 4.39 Å². The lowest BCUT2D eigenvalue weighted by Crippen LogP contribution is -2.44. The van der Waals surface area contributed by atoms with E-state index in [1.165, 1.54) is 19.3 Å². The van der Waals surface area contributed by atoms with Crippen molar-refractivity contribution in [3.05, 3.63) is 0 Å². The molecule has 3 unspecified atom stereocenters. The number of ether oxygens (including phenoxy) is 1. The highest BCUT2D eigenvalue weighted by Crippen LogP contribution is 2.45. The number of nitrogens with one attached hydrogen (secondary N) is 1. The van der Waals surface area contributed by atoms with E-state index in [2.05, 4.69) is 31.0 Å². The molecule has 0 spiro atoms. The van der Waals surface area contributed by atoms with Gasteiger partial charge in [-0.3, -0.25) is 4.79 Å². The number of carbonyl (C=O) groups is 1. The van der Waals surface area contributed by atoms with Crippen LogP contribution < -0.4 is 5.32 Å². The van der Waals surface area contributed by atoms with E-state index >= 15 is 0 Å². The van der Waals surface area contributed by atoms with Crippen molar-refractivity contribution in [3.63, 3.8) is 0 Å². The molecule has 0 aromatic heterocycles. The van der Waals surface area contributed by atoms with Gasteiger partial charge in [0.2, 0.25) is 5.91 Å². The zero-order valence-corrected chi connectivity index (χ0v) is 20.8. The Morgan fingerprint density at radius 1 is 1.12 bits per heavy atom. The fourth-order valence-electron chi connectivity index (χ4n) is 5.78. The summed E-state index contributed by atoms with van der Waals surface area (Å²) in [5.41, 5.74) is 0.259. The summed E-state index contributed by atoms with van der Waals surface area (Å²) in [7, 11) is 0. The van der Waals surface area contributed by atoms with E-state index in [0.29, 0.717) is 18.3 Å². The number of amides is 1. The van der Waals surface area contributed by atoms with Gasteiger partial charge in [-0.2, -0.15) is 0 Å². The van der Waals surface area contributed by atoms with Crippen LogP contribution in [0.15, 0.2) is 0 Å². The summed E-state index contributed by atoms with van der Waals surface area (Å²) >= 11 is 0. The van der Waals surface area contributed by atoms with Crippen molar-refractivity contribution < 1.29 is 13.9 Å². The summed E-state index contributed by atoms with van der Waals surface area (Å²) in [6.45, 7) is 8.54. The van der Waals surface area contributed by atoms with Crippen molar-refractivity contribution in [1.82, 2.24) is 5.32 Å². The maximum absolute atomic E-state index is 13.6. The number of hydrogen-bond acceptors (Lipinski definition) is 2. The van der Waals surface area contributed by atoms with Crippen LogP contribution in [-0.2, 0) is 9.53 Å². The first-order chi connectivity index (χ1) is 15.4. The second-order valence-corrected chi connectivity index (χ2v) is 11.2. The lowest BCUT2D eigenvalue weighted by atomic mass is 9.75. The summed E-state index contributed by atoms with van der Waals surface area (Å²) in [5, 5.41) is 3.34. The van der Waals surface area contributed by atoms with Crippen LogP contribution in [0, 0.1) is 46.8 Å². The van der Waals surface area contributed by atoms with E-state index in [4.69, 9.17) is 4.74 Å². The summed E-state index contributed by atoms with van der Waals surface area (Å²) in [4.78, 5) is 12.9. The molecule has 3 nitrogen and oxygen atoms in total. The van der Waals surface area contributed by atoms with E-state index in [0.717, 1.165) is 77.0 Å². The highest BCUT2D eigenvalue weighted by Gasteiger charge is 2.39. The minimum absolute atomic E-state index is 0.131. The van der Waals surface area contributed by atoms with Crippen LogP contribution in [0.1, 0.15) is 97.8 Å². The van der Waals surface area contributed by atoms with Gasteiger partial charge in [0.1, 0.15) is 0 Å². The molecular formula is C28H46FNO2. The highest BCUT2D eigenvalue weighted by atomic mass is 19.1. The third kappa shape index (κ3) is 8.05. The third-order valence-corrected chi connectivity index (χ3v) is 8.19. The van der Waals surface area contributed by atoms with Crippen molar-refractivity contribution in [2.45, 2.75) is 104 Å². The predicted molar refractivity (Wildman–Crippen MR) is 129 cm³/mol. The van der Waals surface area contributed by atoms with Crippen molar-refractivity contribution in [2.24, 2.45) is 35.0 Å². The Labute approximate surface area is 196 Å². The lowest BCUT2D eigenvalue weighted by molar-refractivity contribution is -0.127. The Kier molecular flexibility index (Phi) is 9.90. The molecule has 0 aromatic carbocycles. The first-order valence-electron chi connectivity index (χ1n) is 13.4. The molecule has 1 amide bonds. The summed E-state index contributed by atoms with van der Waals surface area (Å²) in [6.07, 6.45) is 12.0. The van der Waals surface area contributed by atoms with Crippen LogP contribution >= 0.6 is 0 Å². The van der Waals surface area contributed by atoms with Gasteiger partial charge < -0.3 is 10.1 Å². The average Bonchev–Trinajstić information content (AvgIpc) is 3.59. The van der Waals surface area contributed by atoms with Crippen LogP contribution in [0.5, 0.6) is 0 Å². The van der Waals surface area contributed by atoms with Gasteiger partial charge in [0.05, 0.1) is 6.17 Å². The summed E-state index contributed by atoms with van der Waals surface area (Å²) < 4.78 is 19.3. The van der Waals surface area contributed by atoms with E-state index in [1.54, 1.807) is 6.92 Å². The molecule has 2 aliphatic carbocycles. The molecule has 3 aliphatic rings. The molecular weight excluding hydrogens is 401 g/mol. The molecule has 0 radical (unpaired) electrons. The molecule has 182 valence electrons. The van der Waals surface area contributed by atoms with Crippen molar-refractivity contribution in [1.29, 1.82) is 0 Å². The van der Waals surface area contributed by atoms with Crippen molar-refractivity contribution in [2.75, 3.05) is 19.8 Å². The minimum atomic E-state index is -0.799. The van der Waals surface area contributed by atoms with Crippen LogP contribution in [0.2, 0.25) is 0 Å². The monoisotopic (exact) mass is 447 g/mol. The Morgan fingerprint density at radius 3 is 2.41 bits per heavy atom. The fraction of sp³-hybridized carbons (Fsp3) is 0.893. The summed E-state index contributed by atoms with van der Waals surface area (Å²) in [6, 6.07) is 0. The second kappa shape index (κ2) is 12.4. The van der Waals surface area contributed by atoms with Gasteiger partial charge in [0, 0.05) is 37.5 Å². The van der Waals surface area contributed by atoms with Gasteiger partial charge in [-0.05, 0) is 82.0 Å². The topological polar surface area (TPSA) is 38.3 Å². The predicted octanol–water partition coefficient (Wildman–Crippen LogP) is 6.31. The van der Waals surface area contributed by atoms with Crippen LogP contribution in [0.25, 0.3) is 0 Å². The maximum atomic E-state index is 13.6. The lowest BCUT2D eigenvalue weighted by Gasteiger charge is -2.38. The Hall–Kier alpha value is -1.08. The first kappa shape index (κ1) is 25.5. The van der Waals surface area contributed by atoms with Crippen molar-refractivity contribution >= 4 is 5.91 Å². The van der Waals surface area contributed by atoms with Gasteiger partial charge in [-0.15, -0.1) is 0 Å². The molecule has 0 aromatic rings. The number of carbonyl (C=O) groups excluding carboxylic acids is 1. The van der Waals surface area contributed by atoms with Gasteiger partial charge in [0.25, 0.3) is 0 Å². The Bertz CT molecular complexity index is 634. The fourth-order valence-corrected chi connectivity index (χ4v) is 5.78.